The normalized spacial score (nSPS) is 21.2. The van der Waals surface area contributed by atoms with Crippen LogP contribution in [-0.4, -0.2) is 35.0 Å². The molecule has 1 aliphatic rings. The first kappa shape index (κ1) is 17.3. The lowest BCUT2D eigenvalue weighted by atomic mass is 9.79. The molecule has 1 aliphatic heterocycles. The van der Waals surface area contributed by atoms with Gasteiger partial charge < -0.3 is 15.7 Å². The zero-order chi connectivity index (χ0) is 14.2. The minimum absolute atomic E-state index is 0. The topological polar surface area (TPSA) is 66.6 Å². The van der Waals surface area contributed by atoms with Crippen molar-refractivity contribution < 1.29 is 9.90 Å². The maximum absolute atomic E-state index is 12.5. The van der Waals surface area contributed by atoms with Gasteiger partial charge in [-0.25, -0.2) is 0 Å². The second-order valence-electron chi connectivity index (χ2n) is 5.77. The fraction of sp³-hybridized carbons (Fsp3) is 0.500. The fourth-order valence-corrected chi connectivity index (χ4v) is 2.76. The first-order chi connectivity index (χ1) is 8.81. The standard InChI is InChI=1S/C14H19BrN2O2.ClH/c1-14(2)8-17(6-5-12(14)16)13(19)10-7-9(15)3-4-11(10)18;/h3-4,7,12,18H,5-6,8,16H2,1-2H3;1H. The van der Waals surface area contributed by atoms with Crippen molar-refractivity contribution in [3.63, 3.8) is 0 Å². The molecule has 0 bridgehead atoms. The van der Waals surface area contributed by atoms with Crippen LogP contribution in [0.2, 0.25) is 0 Å². The summed E-state index contributed by atoms with van der Waals surface area (Å²) in [6.45, 7) is 5.38. The number of phenols is 1. The highest BCUT2D eigenvalue weighted by Crippen LogP contribution is 2.30. The molecule has 1 unspecified atom stereocenters. The second-order valence-corrected chi connectivity index (χ2v) is 6.69. The number of halogens is 2. The Labute approximate surface area is 133 Å². The van der Waals surface area contributed by atoms with E-state index in [4.69, 9.17) is 5.73 Å². The molecule has 3 N–H and O–H groups in total. The number of piperidine rings is 1. The van der Waals surface area contributed by atoms with Gasteiger partial charge in [0, 0.05) is 23.6 Å². The van der Waals surface area contributed by atoms with E-state index < -0.39 is 0 Å². The number of hydrogen-bond donors (Lipinski definition) is 2. The average Bonchev–Trinajstić information content (AvgIpc) is 2.35. The van der Waals surface area contributed by atoms with Crippen molar-refractivity contribution in [2.75, 3.05) is 13.1 Å². The van der Waals surface area contributed by atoms with E-state index in [0.29, 0.717) is 18.7 Å². The number of carbonyl (C=O) groups excluding carboxylic acids is 1. The van der Waals surface area contributed by atoms with Crippen molar-refractivity contribution >= 4 is 34.2 Å². The van der Waals surface area contributed by atoms with Gasteiger partial charge in [0.2, 0.25) is 0 Å². The van der Waals surface area contributed by atoms with Crippen LogP contribution in [0.5, 0.6) is 5.75 Å². The van der Waals surface area contributed by atoms with E-state index in [1.54, 1.807) is 17.0 Å². The van der Waals surface area contributed by atoms with E-state index in [2.05, 4.69) is 29.8 Å². The molecule has 1 aromatic carbocycles. The van der Waals surface area contributed by atoms with Gasteiger partial charge in [0.15, 0.2) is 0 Å². The van der Waals surface area contributed by atoms with Gasteiger partial charge in [0.05, 0.1) is 5.56 Å². The summed E-state index contributed by atoms with van der Waals surface area (Å²) in [5.74, 6) is -0.125. The van der Waals surface area contributed by atoms with Crippen LogP contribution >= 0.6 is 28.3 Å². The highest BCUT2D eigenvalue weighted by atomic mass is 79.9. The molecule has 1 amide bonds. The first-order valence-electron chi connectivity index (χ1n) is 6.34. The predicted molar refractivity (Wildman–Crippen MR) is 85.3 cm³/mol. The number of rotatable bonds is 1. The number of nitrogens with two attached hydrogens (primary N) is 1. The molecule has 1 fully saturated rings. The largest absolute Gasteiger partial charge is 0.507 e. The summed E-state index contributed by atoms with van der Waals surface area (Å²) in [5, 5.41) is 9.83. The van der Waals surface area contributed by atoms with Crippen LogP contribution < -0.4 is 5.73 Å². The zero-order valence-corrected chi connectivity index (χ0v) is 14.0. The average molecular weight is 364 g/mol. The van der Waals surface area contributed by atoms with E-state index >= 15 is 0 Å². The Morgan fingerprint density at radius 1 is 1.50 bits per heavy atom. The summed E-state index contributed by atoms with van der Waals surface area (Å²) in [4.78, 5) is 14.2. The van der Waals surface area contributed by atoms with Crippen molar-refractivity contribution in [1.29, 1.82) is 0 Å². The summed E-state index contributed by atoms with van der Waals surface area (Å²) in [5.41, 5.74) is 6.31. The van der Waals surface area contributed by atoms with E-state index in [0.717, 1.165) is 10.9 Å². The van der Waals surface area contributed by atoms with Gasteiger partial charge in [-0.3, -0.25) is 4.79 Å². The monoisotopic (exact) mass is 362 g/mol. The van der Waals surface area contributed by atoms with E-state index in [1.165, 1.54) is 6.07 Å². The van der Waals surface area contributed by atoms with Crippen molar-refractivity contribution in [3.8, 4) is 5.75 Å². The smallest absolute Gasteiger partial charge is 0.257 e. The molecule has 0 aromatic heterocycles. The van der Waals surface area contributed by atoms with Gasteiger partial charge in [0.1, 0.15) is 5.75 Å². The van der Waals surface area contributed by atoms with Gasteiger partial charge >= 0.3 is 0 Å². The summed E-state index contributed by atoms with van der Waals surface area (Å²) in [6, 6.07) is 4.99. The Balaban J connectivity index is 0.00000200. The quantitative estimate of drug-likeness (QED) is 0.806. The summed E-state index contributed by atoms with van der Waals surface area (Å²) >= 11 is 3.32. The van der Waals surface area contributed by atoms with E-state index in [1.807, 2.05) is 0 Å². The number of nitrogens with zero attached hydrogens (tertiary/aromatic N) is 1. The number of aromatic hydroxyl groups is 1. The van der Waals surface area contributed by atoms with Gasteiger partial charge in [0.25, 0.3) is 5.91 Å². The second kappa shape index (κ2) is 6.33. The molecule has 0 saturated carbocycles. The third-order valence-corrected chi connectivity index (χ3v) is 4.28. The Hall–Kier alpha value is -0.780. The van der Waals surface area contributed by atoms with Gasteiger partial charge in [-0.1, -0.05) is 29.8 Å². The van der Waals surface area contributed by atoms with Crippen molar-refractivity contribution in [1.82, 2.24) is 4.90 Å². The lowest BCUT2D eigenvalue weighted by Crippen LogP contribution is -2.54. The number of phenolic OH excluding ortho intramolecular Hbond substituents is 1. The number of carbonyl (C=O) groups is 1. The molecule has 0 radical (unpaired) electrons. The van der Waals surface area contributed by atoms with Crippen LogP contribution in [0.25, 0.3) is 0 Å². The summed E-state index contributed by atoms with van der Waals surface area (Å²) in [7, 11) is 0. The van der Waals surface area contributed by atoms with E-state index in [9.17, 15) is 9.90 Å². The first-order valence-corrected chi connectivity index (χ1v) is 7.14. The lowest BCUT2D eigenvalue weighted by molar-refractivity contribution is 0.0530. The summed E-state index contributed by atoms with van der Waals surface area (Å²) in [6.07, 6.45) is 0.785. The Morgan fingerprint density at radius 3 is 2.75 bits per heavy atom. The van der Waals surface area contributed by atoms with Crippen LogP contribution in [0, 0.1) is 5.41 Å². The lowest BCUT2D eigenvalue weighted by Gasteiger charge is -2.42. The fourth-order valence-electron chi connectivity index (χ4n) is 2.40. The molecular formula is C14H20BrClN2O2. The van der Waals surface area contributed by atoms with Gasteiger partial charge in [-0.2, -0.15) is 0 Å². The Morgan fingerprint density at radius 2 is 2.15 bits per heavy atom. The minimum Gasteiger partial charge on any atom is -0.507 e. The molecule has 2 rings (SSSR count). The third kappa shape index (κ3) is 3.45. The maximum Gasteiger partial charge on any atom is 0.257 e. The highest BCUT2D eigenvalue weighted by Gasteiger charge is 2.36. The predicted octanol–water partition coefficient (Wildman–Crippen LogP) is 2.78. The molecule has 1 aromatic rings. The molecule has 1 saturated heterocycles. The van der Waals surface area contributed by atoms with Crippen LogP contribution in [0.4, 0.5) is 0 Å². The molecular weight excluding hydrogens is 344 g/mol. The zero-order valence-electron chi connectivity index (χ0n) is 11.6. The number of likely N-dealkylation sites (tertiary alicyclic amines) is 1. The molecule has 20 heavy (non-hydrogen) atoms. The maximum atomic E-state index is 12.5. The van der Waals surface area contributed by atoms with Gasteiger partial charge in [-0.15, -0.1) is 12.4 Å². The number of benzene rings is 1. The highest BCUT2D eigenvalue weighted by molar-refractivity contribution is 9.10. The molecule has 0 aliphatic carbocycles. The molecule has 0 spiro atoms. The summed E-state index contributed by atoms with van der Waals surface area (Å²) < 4.78 is 0.779. The Bertz CT molecular complexity index is 508. The van der Waals surface area contributed by atoms with Crippen LogP contribution in [0.15, 0.2) is 22.7 Å². The third-order valence-electron chi connectivity index (χ3n) is 3.79. The number of amides is 1. The van der Waals surface area contributed by atoms with Crippen LogP contribution in [0.3, 0.4) is 0 Å². The number of hydrogen-bond acceptors (Lipinski definition) is 3. The van der Waals surface area contributed by atoms with E-state index in [-0.39, 0.29) is 35.5 Å². The van der Waals surface area contributed by atoms with Gasteiger partial charge in [-0.05, 0) is 30.0 Å². The van der Waals surface area contributed by atoms with Crippen LogP contribution in [-0.2, 0) is 0 Å². The van der Waals surface area contributed by atoms with Crippen molar-refractivity contribution in [3.05, 3.63) is 28.2 Å². The minimum atomic E-state index is -0.140. The molecule has 1 heterocycles. The van der Waals surface area contributed by atoms with Crippen LogP contribution in [0.1, 0.15) is 30.6 Å². The van der Waals surface area contributed by atoms with Crippen molar-refractivity contribution in [2.24, 2.45) is 11.1 Å². The molecule has 112 valence electrons. The molecule has 4 nitrogen and oxygen atoms in total. The van der Waals surface area contributed by atoms with Crippen molar-refractivity contribution in [2.45, 2.75) is 26.3 Å². The SMILES string of the molecule is CC1(C)CN(C(=O)c2cc(Br)ccc2O)CCC1N.Cl. The molecule has 1 atom stereocenters. The molecule has 6 heteroatoms. The Kier molecular flexibility index (Phi) is 5.46.